The van der Waals surface area contributed by atoms with Crippen molar-refractivity contribution < 1.29 is 14.6 Å². The number of aromatic nitrogens is 2. The van der Waals surface area contributed by atoms with Gasteiger partial charge in [0.05, 0.1) is 26.0 Å². The molecule has 1 saturated heterocycles. The van der Waals surface area contributed by atoms with Gasteiger partial charge in [0.15, 0.2) is 23.1 Å². The molecule has 0 amide bonds. The standard InChI is InChI=1S/C22H31N5O3/c1-5-6-16(23)19-20(24-2)22(27-11-9-15(28)10-12-27)26-21(25-19)14-7-8-17(29-3)18(13-14)30-4/h7-8,13,15,23-24,28H,5-6,9-12H2,1-4H3. The Balaban J connectivity index is 2.14. The lowest BCUT2D eigenvalue weighted by Crippen LogP contribution is -2.37. The van der Waals surface area contributed by atoms with Gasteiger partial charge in [-0.15, -0.1) is 0 Å². The number of benzene rings is 1. The predicted molar refractivity (Wildman–Crippen MR) is 119 cm³/mol. The van der Waals surface area contributed by atoms with Crippen molar-refractivity contribution in [2.45, 2.75) is 38.7 Å². The molecule has 1 aromatic heterocycles. The molecule has 1 aromatic carbocycles. The number of piperidine rings is 1. The SMILES string of the molecule is CCCC(=N)c1nc(-c2ccc(OC)c(OC)c2)nc(N2CCC(O)CC2)c1NC. The highest BCUT2D eigenvalue weighted by Crippen LogP contribution is 2.35. The van der Waals surface area contributed by atoms with Crippen molar-refractivity contribution in [1.82, 2.24) is 9.97 Å². The van der Waals surface area contributed by atoms with E-state index in [0.717, 1.165) is 23.5 Å². The normalized spacial score (nSPS) is 14.5. The second-order valence-corrected chi connectivity index (χ2v) is 7.36. The van der Waals surface area contributed by atoms with Gasteiger partial charge in [-0.05, 0) is 37.5 Å². The molecule has 0 bridgehead atoms. The number of aliphatic hydroxyl groups excluding tert-OH is 1. The summed E-state index contributed by atoms with van der Waals surface area (Å²) in [6.45, 7) is 3.47. The van der Waals surface area contributed by atoms with Crippen LogP contribution in [0.5, 0.6) is 11.5 Å². The molecule has 2 heterocycles. The van der Waals surface area contributed by atoms with E-state index in [-0.39, 0.29) is 6.10 Å². The predicted octanol–water partition coefficient (Wildman–Crippen LogP) is 3.33. The lowest BCUT2D eigenvalue weighted by atomic mass is 10.1. The second kappa shape index (κ2) is 9.75. The monoisotopic (exact) mass is 413 g/mol. The third-order valence-electron chi connectivity index (χ3n) is 5.33. The first-order valence-corrected chi connectivity index (χ1v) is 10.3. The van der Waals surface area contributed by atoms with Crippen molar-refractivity contribution in [3.63, 3.8) is 0 Å². The van der Waals surface area contributed by atoms with E-state index in [1.54, 1.807) is 14.2 Å². The van der Waals surface area contributed by atoms with Gasteiger partial charge in [-0.25, -0.2) is 9.97 Å². The Bertz CT molecular complexity index is 895. The zero-order chi connectivity index (χ0) is 21.7. The summed E-state index contributed by atoms with van der Waals surface area (Å²) in [5.41, 5.74) is 2.64. The average Bonchev–Trinajstić information content (AvgIpc) is 2.78. The molecule has 0 atom stereocenters. The Labute approximate surface area is 177 Å². The van der Waals surface area contributed by atoms with Crippen LogP contribution in [-0.2, 0) is 0 Å². The van der Waals surface area contributed by atoms with Gasteiger partial charge in [-0.2, -0.15) is 0 Å². The van der Waals surface area contributed by atoms with Crippen molar-refractivity contribution in [1.29, 1.82) is 5.41 Å². The molecule has 1 aliphatic heterocycles. The third kappa shape index (κ3) is 4.48. The number of nitrogens with one attached hydrogen (secondary N) is 2. The van der Waals surface area contributed by atoms with Gasteiger partial charge in [0.1, 0.15) is 11.4 Å². The topological polar surface area (TPSA) is 104 Å². The fourth-order valence-corrected chi connectivity index (χ4v) is 3.68. The van der Waals surface area contributed by atoms with Crippen LogP contribution in [0.15, 0.2) is 18.2 Å². The van der Waals surface area contributed by atoms with Gasteiger partial charge in [0.2, 0.25) is 0 Å². The molecule has 0 saturated carbocycles. The number of nitrogens with zero attached hydrogens (tertiary/aromatic N) is 3. The molecule has 0 aliphatic carbocycles. The molecule has 3 rings (SSSR count). The van der Waals surface area contributed by atoms with Crippen LogP contribution in [0.25, 0.3) is 11.4 Å². The minimum atomic E-state index is -0.274. The van der Waals surface area contributed by atoms with Crippen molar-refractivity contribution in [2.75, 3.05) is 44.6 Å². The summed E-state index contributed by atoms with van der Waals surface area (Å²) >= 11 is 0. The van der Waals surface area contributed by atoms with Crippen LogP contribution in [0, 0.1) is 5.41 Å². The maximum Gasteiger partial charge on any atom is 0.162 e. The molecular formula is C22H31N5O3. The average molecular weight is 414 g/mol. The van der Waals surface area contributed by atoms with Gasteiger partial charge in [0.25, 0.3) is 0 Å². The quantitative estimate of drug-likeness (QED) is 0.570. The summed E-state index contributed by atoms with van der Waals surface area (Å²) in [4.78, 5) is 11.8. The van der Waals surface area contributed by atoms with Gasteiger partial charge < -0.3 is 30.2 Å². The van der Waals surface area contributed by atoms with Gasteiger partial charge in [-0.3, -0.25) is 0 Å². The van der Waals surface area contributed by atoms with E-state index in [9.17, 15) is 5.11 Å². The number of anilines is 2. The second-order valence-electron chi connectivity index (χ2n) is 7.36. The number of rotatable bonds is 8. The molecule has 8 nitrogen and oxygen atoms in total. The summed E-state index contributed by atoms with van der Waals surface area (Å²) in [6.07, 6.45) is 2.61. The number of methoxy groups -OCH3 is 2. The maximum atomic E-state index is 9.92. The first kappa shape index (κ1) is 21.8. The smallest absolute Gasteiger partial charge is 0.162 e. The minimum Gasteiger partial charge on any atom is -0.493 e. The van der Waals surface area contributed by atoms with E-state index in [2.05, 4.69) is 17.1 Å². The first-order valence-electron chi connectivity index (χ1n) is 10.3. The molecule has 162 valence electrons. The lowest BCUT2D eigenvalue weighted by Gasteiger charge is -2.32. The molecule has 8 heteroatoms. The Kier molecular flexibility index (Phi) is 7.10. The van der Waals surface area contributed by atoms with Crippen molar-refractivity contribution >= 4 is 17.2 Å². The van der Waals surface area contributed by atoms with Crippen molar-refractivity contribution in [2.24, 2.45) is 0 Å². The zero-order valence-corrected chi connectivity index (χ0v) is 18.2. The van der Waals surface area contributed by atoms with E-state index < -0.39 is 0 Å². The Hall–Kier alpha value is -2.87. The molecule has 3 N–H and O–H groups in total. The van der Waals surface area contributed by atoms with Crippen LogP contribution in [-0.4, -0.2) is 61.2 Å². The summed E-state index contributed by atoms with van der Waals surface area (Å²) in [5.74, 6) is 2.54. The number of hydrogen-bond acceptors (Lipinski definition) is 8. The Morgan fingerprint density at radius 3 is 2.50 bits per heavy atom. The summed E-state index contributed by atoms with van der Waals surface area (Å²) in [6, 6.07) is 5.58. The molecule has 1 aliphatic rings. The van der Waals surface area contributed by atoms with Crippen LogP contribution in [0.2, 0.25) is 0 Å². The highest BCUT2D eigenvalue weighted by Gasteiger charge is 2.25. The van der Waals surface area contributed by atoms with E-state index in [1.165, 1.54) is 0 Å². The van der Waals surface area contributed by atoms with E-state index >= 15 is 0 Å². The highest BCUT2D eigenvalue weighted by molar-refractivity contribution is 6.03. The first-order chi connectivity index (χ1) is 14.5. The molecule has 2 aromatic rings. The molecule has 0 spiro atoms. The Morgan fingerprint density at radius 2 is 1.90 bits per heavy atom. The lowest BCUT2D eigenvalue weighted by molar-refractivity contribution is 0.145. The largest absolute Gasteiger partial charge is 0.493 e. The maximum absolute atomic E-state index is 9.92. The number of aliphatic hydroxyl groups is 1. The molecule has 0 unspecified atom stereocenters. The molecule has 0 radical (unpaired) electrons. The molecule has 1 fully saturated rings. The van der Waals surface area contributed by atoms with Gasteiger partial charge in [-0.1, -0.05) is 13.3 Å². The van der Waals surface area contributed by atoms with E-state index in [1.807, 2.05) is 25.2 Å². The van der Waals surface area contributed by atoms with Crippen LogP contribution in [0.1, 0.15) is 38.3 Å². The van der Waals surface area contributed by atoms with Crippen molar-refractivity contribution in [3.05, 3.63) is 23.9 Å². The van der Waals surface area contributed by atoms with Crippen LogP contribution < -0.4 is 19.7 Å². The fourth-order valence-electron chi connectivity index (χ4n) is 3.68. The third-order valence-corrected chi connectivity index (χ3v) is 5.33. The summed E-state index contributed by atoms with van der Waals surface area (Å²) in [7, 11) is 5.03. The summed E-state index contributed by atoms with van der Waals surface area (Å²) < 4.78 is 10.8. The van der Waals surface area contributed by atoms with E-state index in [4.69, 9.17) is 24.9 Å². The molecule has 30 heavy (non-hydrogen) atoms. The van der Waals surface area contributed by atoms with Crippen LogP contribution in [0.3, 0.4) is 0 Å². The van der Waals surface area contributed by atoms with Crippen LogP contribution >= 0.6 is 0 Å². The van der Waals surface area contributed by atoms with E-state index in [0.29, 0.717) is 61.1 Å². The Morgan fingerprint density at radius 1 is 1.20 bits per heavy atom. The zero-order valence-electron chi connectivity index (χ0n) is 18.2. The number of hydrogen-bond donors (Lipinski definition) is 3. The number of ether oxygens (including phenoxy) is 2. The minimum absolute atomic E-state index is 0.274. The van der Waals surface area contributed by atoms with Crippen LogP contribution in [0.4, 0.5) is 11.5 Å². The van der Waals surface area contributed by atoms with Crippen molar-refractivity contribution in [3.8, 4) is 22.9 Å². The molecular weight excluding hydrogens is 382 g/mol. The summed E-state index contributed by atoms with van der Waals surface area (Å²) in [5, 5.41) is 21.7. The fraction of sp³-hybridized carbons (Fsp3) is 0.500. The highest BCUT2D eigenvalue weighted by atomic mass is 16.5. The van der Waals surface area contributed by atoms with Gasteiger partial charge in [0, 0.05) is 25.7 Å². The van der Waals surface area contributed by atoms with Gasteiger partial charge >= 0.3 is 0 Å².